The fourth-order valence-corrected chi connectivity index (χ4v) is 4.02. The van der Waals surface area contributed by atoms with E-state index in [1.54, 1.807) is 31.2 Å². The van der Waals surface area contributed by atoms with Crippen LogP contribution in [0.3, 0.4) is 0 Å². The summed E-state index contributed by atoms with van der Waals surface area (Å²) < 4.78 is 12.2. The molecule has 2 heterocycles. The van der Waals surface area contributed by atoms with Gasteiger partial charge in [-0.25, -0.2) is 9.78 Å². The second kappa shape index (κ2) is 13.7. The maximum Gasteiger partial charge on any atom is 0.328 e. The number of aliphatic hydroxyl groups is 1. The molecular formula is C28H37N5O6. The Hall–Kier alpha value is -3.99. The van der Waals surface area contributed by atoms with E-state index < -0.39 is 17.9 Å². The van der Waals surface area contributed by atoms with Crippen LogP contribution in [-0.4, -0.2) is 63.0 Å². The van der Waals surface area contributed by atoms with E-state index in [1.807, 2.05) is 33.8 Å². The number of benzene rings is 1. The van der Waals surface area contributed by atoms with Gasteiger partial charge in [-0.1, -0.05) is 39.8 Å². The molecule has 3 rings (SSSR count). The normalized spacial score (nSPS) is 12.0. The van der Waals surface area contributed by atoms with Crippen molar-refractivity contribution < 1.29 is 28.6 Å². The maximum absolute atomic E-state index is 13.2. The van der Waals surface area contributed by atoms with Gasteiger partial charge in [0.25, 0.3) is 11.8 Å². The monoisotopic (exact) mass is 539 g/mol. The first kappa shape index (κ1) is 29.6. The summed E-state index contributed by atoms with van der Waals surface area (Å²) in [7, 11) is 0. The van der Waals surface area contributed by atoms with Gasteiger partial charge in [0.1, 0.15) is 11.7 Å². The molecule has 0 aliphatic rings. The number of rotatable bonds is 13. The van der Waals surface area contributed by atoms with Gasteiger partial charge in [-0.2, -0.15) is 5.10 Å². The van der Waals surface area contributed by atoms with Crippen molar-refractivity contribution in [3.63, 3.8) is 0 Å². The Morgan fingerprint density at radius 2 is 1.77 bits per heavy atom. The summed E-state index contributed by atoms with van der Waals surface area (Å²) in [5, 5.41) is 19.7. The van der Waals surface area contributed by atoms with Crippen LogP contribution < -0.4 is 10.6 Å². The zero-order valence-electron chi connectivity index (χ0n) is 23.1. The first-order chi connectivity index (χ1) is 18.7. The predicted molar refractivity (Wildman–Crippen MR) is 145 cm³/mol. The van der Waals surface area contributed by atoms with E-state index >= 15 is 0 Å². The number of aromatic nitrogens is 3. The highest BCUT2D eigenvalue weighted by molar-refractivity contribution is 5.96. The Bertz CT molecular complexity index is 1280. The quantitative estimate of drug-likeness (QED) is 0.280. The summed E-state index contributed by atoms with van der Waals surface area (Å²) in [6.07, 6.45) is 3.02. The molecule has 3 N–H and O–H groups in total. The molecule has 39 heavy (non-hydrogen) atoms. The summed E-state index contributed by atoms with van der Waals surface area (Å²) >= 11 is 0. The number of oxazole rings is 1. The number of nitrogens with zero attached hydrogens (tertiary/aromatic N) is 3. The fourth-order valence-electron chi connectivity index (χ4n) is 4.02. The lowest BCUT2D eigenvalue weighted by Gasteiger charge is -2.20. The van der Waals surface area contributed by atoms with Crippen LogP contribution in [0.15, 0.2) is 40.9 Å². The summed E-state index contributed by atoms with van der Waals surface area (Å²) in [4.78, 5) is 42.3. The number of nitrogens with one attached hydrogen (secondary N) is 2. The topological polar surface area (TPSA) is 149 Å². The summed E-state index contributed by atoms with van der Waals surface area (Å²) in [6.45, 7) is 9.40. The smallest absolute Gasteiger partial charge is 0.328 e. The molecule has 2 aromatic heterocycles. The van der Waals surface area contributed by atoms with E-state index in [1.165, 1.54) is 10.9 Å². The Kier molecular flexibility index (Phi) is 10.4. The molecule has 1 aromatic carbocycles. The third kappa shape index (κ3) is 7.32. The van der Waals surface area contributed by atoms with Crippen LogP contribution in [0.1, 0.15) is 68.5 Å². The lowest BCUT2D eigenvalue weighted by atomic mass is 10.0. The van der Waals surface area contributed by atoms with Crippen LogP contribution in [-0.2, 0) is 16.1 Å². The van der Waals surface area contributed by atoms with E-state index in [0.717, 1.165) is 12.8 Å². The van der Waals surface area contributed by atoms with Gasteiger partial charge < -0.3 is 24.9 Å². The number of hydrogen-bond acceptors (Lipinski definition) is 8. The Morgan fingerprint density at radius 3 is 2.41 bits per heavy atom. The fraction of sp³-hybridized carbons (Fsp3) is 0.464. The molecule has 0 spiro atoms. The van der Waals surface area contributed by atoms with Crippen molar-refractivity contribution in [2.24, 2.45) is 5.92 Å². The van der Waals surface area contributed by atoms with Crippen molar-refractivity contribution in [3.05, 3.63) is 48.0 Å². The summed E-state index contributed by atoms with van der Waals surface area (Å²) in [5.41, 5.74) is 1.96. The van der Waals surface area contributed by atoms with Crippen molar-refractivity contribution in [2.45, 2.75) is 66.1 Å². The van der Waals surface area contributed by atoms with E-state index in [4.69, 9.17) is 9.15 Å². The van der Waals surface area contributed by atoms with Gasteiger partial charge in [-0.3, -0.25) is 14.3 Å². The summed E-state index contributed by atoms with van der Waals surface area (Å²) in [6, 6.07) is 8.01. The van der Waals surface area contributed by atoms with Crippen molar-refractivity contribution in [1.82, 2.24) is 25.4 Å². The second-order valence-corrected chi connectivity index (χ2v) is 9.41. The Labute approximate surface area is 227 Å². The Balaban J connectivity index is 1.87. The lowest BCUT2D eigenvalue weighted by Crippen LogP contribution is -2.45. The van der Waals surface area contributed by atoms with E-state index in [-0.39, 0.29) is 55.0 Å². The molecule has 1 unspecified atom stereocenters. The van der Waals surface area contributed by atoms with Gasteiger partial charge in [-0.05, 0) is 43.9 Å². The molecule has 3 aromatic rings. The van der Waals surface area contributed by atoms with Crippen molar-refractivity contribution >= 4 is 17.8 Å². The number of ether oxygens (including phenoxy) is 1. The SMILES string of the molecule is CCOC(=O)C(NC(=O)c1cc(-c2cccc(-c3ncc(C(=O)NC(CC)CC)o3)c2)nn1CCO)C(C)C. The highest BCUT2D eigenvalue weighted by atomic mass is 16.5. The molecule has 0 radical (unpaired) electrons. The maximum atomic E-state index is 13.2. The number of amides is 2. The predicted octanol–water partition coefficient (Wildman–Crippen LogP) is 3.43. The minimum atomic E-state index is -0.831. The average molecular weight is 540 g/mol. The van der Waals surface area contributed by atoms with Crippen molar-refractivity contribution in [1.29, 1.82) is 0 Å². The molecule has 0 bridgehead atoms. The largest absolute Gasteiger partial charge is 0.464 e. The molecule has 2 amide bonds. The standard InChI is InChI=1S/C28H37N5O6/c1-6-20(7-2)30-26(36)23-16-29-27(39-23)19-11-9-10-18(14-19)21-15-22(33(32-21)12-13-34)25(35)31-24(17(4)5)28(37)38-8-3/h9-11,14-17,20,24,34H,6-8,12-13H2,1-5H3,(H,30,36)(H,31,35). The number of carbonyl (C=O) groups excluding carboxylic acids is 3. The Morgan fingerprint density at radius 1 is 1.05 bits per heavy atom. The highest BCUT2D eigenvalue weighted by Crippen LogP contribution is 2.26. The minimum Gasteiger partial charge on any atom is -0.464 e. The van der Waals surface area contributed by atoms with E-state index in [0.29, 0.717) is 16.8 Å². The molecule has 0 saturated heterocycles. The number of aliphatic hydroxyl groups excluding tert-OH is 1. The zero-order valence-corrected chi connectivity index (χ0v) is 23.1. The number of esters is 1. The van der Waals surface area contributed by atoms with Gasteiger partial charge in [-0.15, -0.1) is 0 Å². The van der Waals surface area contributed by atoms with Gasteiger partial charge in [0.15, 0.2) is 0 Å². The van der Waals surface area contributed by atoms with Gasteiger partial charge in [0.2, 0.25) is 11.7 Å². The molecule has 11 heteroatoms. The van der Waals surface area contributed by atoms with Crippen LogP contribution >= 0.6 is 0 Å². The van der Waals surface area contributed by atoms with E-state index in [2.05, 4.69) is 20.7 Å². The highest BCUT2D eigenvalue weighted by Gasteiger charge is 2.28. The molecule has 0 fully saturated rings. The third-order valence-corrected chi connectivity index (χ3v) is 6.27. The van der Waals surface area contributed by atoms with Crippen LogP contribution in [0.5, 0.6) is 0 Å². The minimum absolute atomic E-state index is 0.0583. The van der Waals surface area contributed by atoms with Crippen molar-refractivity contribution in [2.75, 3.05) is 13.2 Å². The first-order valence-corrected chi connectivity index (χ1v) is 13.3. The average Bonchev–Trinajstić information content (AvgIpc) is 3.59. The van der Waals surface area contributed by atoms with Crippen LogP contribution in [0.25, 0.3) is 22.7 Å². The molecule has 1 atom stereocenters. The van der Waals surface area contributed by atoms with Crippen molar-refractivity contribution in [3.8, 4) is 22.7 Å². The van der Waals surface area contributed by atoms with E-state index in [9.17, 15) is 19.5 Å². The molecule has 0 saturated carbocycles. The van der Waals surface area contributed by atoms with Gasteiger partial charge in [0.05, 0.1) is 31.6 Å². The molecule has 11 nitrogen and oxygen atoms in total. The third-order valence-electron chi connectivity index (χ3n) is 6.27. The molecule has 0 aliphatic carbocycles. The zero-order chi connectivity index (χ0) is 28.5. The van der Waals surface area contributed by atoms with Gasteiger partial charge >= 0.3 is 5.97 Å². The first-order valence-electron chi connectivity index (χ1n) is 13.3. The van der Waals surface area contributed by atoms with Crippen LogP contribution in [0.2, 0.25) is 0 Å². The number of carbonyl (C=O) groups is 3. The molecule has 210 valence electrons. The summed E-state index contributed by atoms with van der Waals surface area (Å²) in [5.74, 6) is -1.14. The molecule has 0 aliphatic heterocycles. The number of hydrogen-bond donors (Lipinski definition) is 3. The lowest BCUT2D eigenvalue weighted by molar-refractivity contribution is -0.146. The van der Waals surface area contributed by atoms with Crippen LogP contribution in [0, 0.1) is 5.92 Å². The van der Waals surface area contributed by atoms with Crippen LogP contribution in [0.4, 0.5) is 0 Å². The molecular weight excluding hydrogens is 502 g/mol. The second-order valence-electron chi connectivity index (χ2n) is 9.41. The van der Waals surface area contributed by atoms with Gasteiger partial charge in [0, 0.05) is 17.2 Å².